The van der Waals surface area contributed by atoms with Crippen molar-refractivity contribution >= 4 is 17.0 Å². The molecule has 0 unspecified atom stereocenters. The van der Waals surface area contributed by atoms with Crippen molar-refractivity contribution in [1.82, 2.24) is 19.9 Å². The molecular weight excluding hydrogens is 424 g/mol. The van der Waals surface area contributed by atoms with Crippen molar-refractivity contribution in [3.63, 3.8) is 0 Å². The van der Waals surface area contributed by atoms with E-state index < -0.39 is 17.6 Å². The van der Waals surface area contributed by atoms with Crippen LogP contribution >= 0.6 is 0 Å². The van der Waals surface area contributed by atoms with Crippen LogP contribution in [0.1, 0.15) is 25.0 Å². The number of aromatic nitrogens is 4. The van der Waals surface area contributed by atoms with Gasteiger partial charge in [-0.2, -0.15) is 18.4 Å². The van der Waals surface area contributed by atoms with Gasteiger partial charge in [0.05, 0.1) is 23.0 Å². The lowest BCUT2D eigenvalue weighted by molar-refractivity contribution is -0.137. The summed E-state index contributed by atoms with van der Waals surface area (Å²) in [5.74, 6) is -0.560. The van der Waals surface area contributed by atoms with Gasteiger partial charge in [0, 0.05) is 29.9 Å². The van der Waals surface area contributed by atoms with Crippen molar-refractivity contribution in [2.75, 3.05) is 11.9 Å². The molecule has 0 bridgehead atoms. The van der Waals surface area contributed by atoms with E-state index in [2.05, 4.69) is 38.4 Å². The first-order valence-electron chi connectivity index (χ1n) is 9.46. The molecule has 3 aromatic rings. The number of anilines is 1. The Kier molecular flexibility index (Phi) is 7.85. The normalized spacial score (nSPS) is 11.3. The van der Waals surface area contributed by atoms with Crippen LogP contribution in [0.5, 0.6) is 0 Å². The smallest absolute Gasteiger partial charge is 0.350 e. The van der Waals surface area contributed by atoms with E-state index in [-0.39, 0.29) is 40.3 Å². The van der Waals surface area contributed by atoms with Crippen molar-refractivity contribution in [3.05, 3.63) is 72.5 Å². The van der Waals surface area contributed by atoms with Gasteiger partial charge < -0.3 is 10.3 Å². The van der Waals surface area contributed by atoms with Gasteiger partial charge in [0.15, 0.2) is 0 Å². The SMILES string of the molecule is C=C/C(=C\C(=C)F)CNc1ncc(C#N)c(-c2c[nH]c3ncc(C(F)(F)F)cc23)n1.CC. The van der Waals surface area contributed by atoms with Crippen molar-refractivity contribution in [2.24, 2.45) is 0 Å². The zero-order valence-electron chi connectivity index (χ0n) is 17.4. The number of pyridine rings is 1. The number of alkyl halides is 3. The number of hydrogen-bond donors (Lipinski definition) is 2. The maximum absolute atomic E-state index is 13.1. The molecule has 0 spiro atoms. The fraction of sp³-hybridized carbons (Fsp3) is 0.182. The molecule has 0 saturated heterocycles. The number of H-pyrrole nitrogens is 1. The first-order chi connectivity index (χ1) is 15.2. The molecule has 0 saturated carbocycles. The Morgan fingerprint density at radius 2 is 2.00 bits per heavy atom. The zero-order valence-corrected chi connectivity index (χ0v) is 17.4. The summed E-state index contributed by atoms with van der Waals surface area (Å²) < 4.78 is 52.2. The zero-order chi connectivity index (χ0) is 23.9. The fourth-order valence-corrected chi connectivity index (χ4v) is 2.67. The summed E-state index contributed by atoms with van der Waals surface area (Å²) in [4.78, 5) is 14.8. The third-order valence-corrected chi connectivity index (χ3v) is 4.08. The van der Waals surface area contributed by atoms with Gasteiger partial charge >= 0.3 is 6.18 Å². The molecule has 0 aliphatic rings. The van der Waals surface area contributed by atoms with Gasteiger partial charge in [0.2, 0.25) is 5.95 Å². The fourth-order valence-electron chi connectivity index (χ4n) is 2.67. The summed E-state index contributed by atoms with van der Waals surface area (Å²) in [6.07, 6.45) is 1.42. The summed E-state index contributed by atoms with van der Waals surface area (Å²) in [6, 6.07) is 2.87. The minimum absolute atomic E-state index is 0.0653. The highest BCUT2D eigenvalue weighted by Crippen LogP contribution is 2.34. The second kappa shape index (κ2) is 10.3. The molecule has 2 N–H and O–H groups in total. The quantitative estimate of drug-likeness (QED) is 0.363. The minimum Gasteiger partial charge on any atom is -0.350 e. The maximum Gasteiger partial charge on any atom is 0.417 e. The molecule has 0 fully saturated rings. The second-order valence-corrected chi connectivity index (χ2v) is 6.11. The van der Waals surface area contributed by atoms with E-state index in [0.717, 1.165) is 12.3 Å². The van der Waals surface area contributed by atoms with Crippen LogP contribution in [-0.2, 0) is 6.18 Å². The van der Waals surface area contributed by atoms with Crippen molar-refractivity contribution in [2.45, 2.75) is 20.0 Å². The molecule has 3 rings (SSSR count). The van der Waals surface area contributed by atoms with Crippen LogP contribution in [0.3, 0.4) is 0 Å². The van der Waals surface area contributed by atoms with Crippen molar-refractivity contribution < 1.29 is 17.6 Å². The molecule has 0 aromatic carbocycles. The summed E-state index contributed by atoms with van der Waals surface area (Å²) in [5.41, 5.74) is 0.226. The van der Waals surface area contributed by atoms with Gasteiger partial charge in [0.1, 0.15) is 17.5 Å². The second-order valence-electron chi connectivity index (χ2n) is 6.11. The minimum atomic E-state index is -4.57. The number of nitriles is 1. The highest BCUT2D eigenvalue weighted by Gasteiger charge is 2.31. The van der Waals surface area contributed by atoms with Gasteiger partial charge in [-0.05, 0) is 17.7 Å². The highest BCUT2D eigenvalue weighted by atomic mass is 19.4. The van der Waals surface area contributed by atoms with E-state index in [0.29, 0.717) is 5.57 Å². The third kappa shape index (κ3) is 5.57. The Balaban J connectivity index is 0.00000176. The van der Waals surface area contributed by atoms with Gasteiger partial charge in [-0.1, -0.05) is 33.1 Å². The molecule has 32 heavy (non-hydrogen) atoms. The molecule has 10 heteroatoms. The first kappa shape index (κ1) is 24.3. The number of rotatable bonds is 6. The molecule has 3 aromatic heterocycles. The van der Waals surface area contributed by atoms with E-state index in [1.807, 2.05) is 19.9 Å². The molecule has 0 atom stereocenters. The van der Waals surface area contributed by atoms with Crippen LogP contribution in [-0.4, -0.2) is 26.5 Å². The first-order valence-corrected chi connectivity index (χ1v) is 9.46. The molecule has 0 amide bonds. The Morgan fingerprint density at radius 3 is 2.59 bits per heavy atom. The van der Waals surface area contributed by atoms with E-state index in [4.69, 9.17) is 0 Å². The van der Waals surface area contributed by atoms with E-state index in [9.17, 15) is 22.8 Å². The van der Waals surface area contributed by atoms with E-state index >= 15 is 0 Å². The summed E-state index contributed by atoms with van der Waals surface area (Å²) in [6.45, 7) is 10.8. The number of hydrogen-bond acceptors (Lipinski definition) is 5. The Hall–Kier alpha value is -4.00. The lowest BCUT2D eigenvalue weighted by Crippen LogP contribution is -2.08. The predicted molar refractivity (Wildman–Crippen MR) is 115 cm³/mol. The van der Waals surface area contributed by atoms with Crippen LogP contribution in [0, 0.1) is 11.3 Å². The molecule has 3 heterocycles. The average molecular weight is 444 g/mol. The van der Waals surface area contributed by atoms with Gasteiger partial charge in [-0.3, -0.25) is 0 Å². The number of nitrogens with one attached hydrogen (secondary N) is 2. The van der Waals surface area contributed by atoms with Crippen LogP contribution < -0.4 is 5.32 Å². The van der Waals surface area contributed by atoms with Crippen LogP contribution in [0.25, 0.3) is 22.3 Å². The van der Waals surface area contributed by atoms with E-state index in [1.54, 1.807) is 0 Å². The highest BCUT2D eigenvalue weighted by molar-refractivity contribution is 5.94. The number of fused-ring (bicyclic) bond motifs is 1. The topological polar surface area (TPSA) is 90.3 Å². The lowest BCUT2D eigenvalue weighted by Gasteiger charge is -2.09. The number of nitrogens with zero attached hydrogens (tertiary/aromatic N) is 4. The monoisotopic (exact) mass is 444 g/mol. The third-order valence-electron chi connectivity index (χ3n) is 4.08. The van der Waals surface area contributed by atoms with Crippen LogP contribution in [0.4, 0.5) is 23.5 Å². The van der Waals surface area contributed by atoms with Gasteiger partial charge in [-0.25, -0.2) is 19.3 Å². The Labute approximate surface area is 182 Å². The number of allylic oxidation sites excluding steroid dienone is 2. The molecule has 0 radical (unpaired) electrons. The van der Waals surface area contributed by atoms with Crippen LogP contribution in [0.15, 0.2) is 61.4 Å². The standard InChI is InChI=1S/C20H14F4N6.C2H6/c1-3-12(4-11(2)21)7-28-19-29-8-13(6-25)17(30-19)16-10-27-18-15(16)5-14(9-26-18)20(22,23)24;1-2/h3-5,8-10H,1-2,7H2,(H,26,27)(H,28,29,30);1-2H3/b12-4+;. The number of halogens is 4. The molecule has 6 nitrogen and oxygen atoms in total. The molecule has 0 aliphatic carbocycles. The largest absolute Gasteiger partial charge is 0.417 e. The molecular formula is C22H20F4N6. The number of aromatic amines is 1. The van der Waals surface area contributed by atoms with Gasteiger partial charge in [0.25, 0.3) is 0 Å². The summed E-state index contributed by atoms with van der Waals surface area (Å²) >= 11 is 0. The van der Waals surface area contributed by atoms with Crippen molar-refractivity contribution in [3.8, 4) is 17.3 Å². The summed E-state index contributed by atoms with van der Waals surface area (Å²) in [5, 5.41) is 12.4. The van der Waals surface area contributed by atoms with Gasteiger partial charge in [-0.15, -0.1) is 0 Å². The maximum atomic E-state index is 13.1. The average Bonchev–Trinajstić information content (AvgIpc) is 3.20. The molecule has 0 aliphatic heterocycles. The van der Waals surface area contributed by atoms with Crippen LogP contribution in [0.2, 0.25) is 0 Å². The Bertz CT molecular complexity index is 1200. The predicted octanol–water partition coefficient (Wildman–Crippen LogP) is 5.94. The molecule has 166 valence electrons. The van der Waals surface area contributed by atoms with Crippen molar-refractivity contribution in [1.29, 1.82) is 5.26 Å². The summed E-state index contributed by atoms with van der Waals surface area (Å²) in [7, 11) is 0. The lowest BCUT2D eigenvalue weighted by atomic mass is 10.1. The van der Waals surface area contributed by atoms with E-state index in [1.165, 1.54) is 24.5 Å². The Morgan fingerprint density at radius 1 is 1.28 bits per heavy atom.